The molecule has 0 aromatic carbocycles. The Morgan fingerprint density at radius 1 is 1.50 bits per heavy atom. The van der Waals surface area contributed by atoms with Crippen LogP contribution in [-0.2, 0) is 9.53 Å². The maximum atomic E-state index is 11.9. The van der Waals surface area contributed by atoms with Gasteiger partial charge < -0.3 is 15.8 Å². The second kappa shape index (κ2) is 6.53. The molecule has 0 aromatic heterocycles. The smallest absolute Gasteiger partial charge is 0.237 e. The third kappa shape index (κ3) is 3.45. The second-order valence-corrected chi connectivity index (χ2v) is 5.81. The van der Waals surface area contributed by atoms with Crippen LogP contribution in [0.1, 0.15) is 53.4 Å². The lowest BCUT2D eigenvalue weighted by Crippen LogP contribution is -2.63. The van der Waals surface area contributed by atoms with Crippen molar-refractivity contribution in [2.75, 3.05) is 6.61 Å². The fourth-order valence-electron chi connectivity index (χ4n) is 2.45. The molecule has 1 rings (SSSR count). The lowest BCUT2D eigenvalue weighted by molar-refractivity contribution is -0.137. The zero-order valence-corrected chi connectivity index (χ0v) is 12.2. The topological polar surface area (TPSA) is 64.4 Å². The minimum absolute atomic E-state index is 0.0101. The zero-order valence-electron chi connectivity index (χ0n) is 12.2. The number of carbonyl (C=O) groups is 1. The van der Waals surface area contributed by atoms with Crippen LogP contribution >= 0.6 is 0 Å². The van der Waals surface area contributed by atoms with E-state index < -0.39 is 0 Å². The number of hydrogen-bond donors (Lipinski definition) is 2. The van der Waals surface area contributed by atoms with Crippen LogP contribution in [0.3, 0.4) is 0 Å². The normalized spacial score (nSPS) is 27.4. The summed E-state index contributed by atoms with van der Waals surface area (Å²) in [5.41, 5.74) is 5.88. The molecule has 0 bridgehead atoms. The summed E-state index contributed by atoms with van der Waals surface area (Å²) >= 11 is 0. The predicted octanol–water partition coefficient (Wildman–Crippen LogP) is 1.82. The average molecular weight is 256 g/mol. The molecule has 1 saturated carbocycles. The predicted molar refractivity (Wildman–Crippen MR) is 73.2 cm³/mol. The number of ether oxygens (including phenoxy) is 1. The lowest BCUT2D eigenvalue weighted by Gasteiger charge is -2.51. The van der Waals surface area contributed by atoms with Gasteiger partial charge in [-0.2, -0.15) is 0 Å². The minimum atomic E-state index is -0.369. The zero-order chi connectivity index (χ0) is 13.8. The summed E-state index contributed by atoms with van der Waals surface area (Å²) in [6.45, 7) is 9.11. The summed E-state index contributed by atoms with van der Waals surface area (Å²) in [6, 6.07) is -0.180. The first-order chi connectivity index (χ1) is 8.43. The first kappa shape index (κ1) is 15.4. The van der Waals surface area contributed by atoms with Crippen LogP contribution in [0.2, 0.25) is 0 Å². The van der Waals surface area contributed by atoms with E-state index in [9.17, 15) is 4.79 Å². The van der Waals surface area contributed by atoms with E-state index in [1.165, 1.54) is 0 Å². The molecule has 0 spiro atoms. The molecule has 0 aromatic rings. The Labute approximate surface area is 111 Å². The van der Waals surface area contributed by atoms with E-state index in [0.29, 0.717) is 0 Å². The fourth-order valence-corrected chi connectivity index (χ4v) is 2.45. The Balaban J connectivity index is 2.38. The summed E-state index contributed by atoms with van der Waals surface area (Å²) in [5, 5.41) is 3.06. The van der Waals surface area contributed by atoms with Crippen LogP contribution in [0.25, 0.3) is 0 Å². The van der Waals surface area contributed by atoms with Gasteiger partial charge in [0, 0.05) is 18.1 Å². The largest absolute Gasteiger partial charge is 0.378 e. The Hall–Kier alpha value is -0.610. The minimum Gasteiger partial charge on any atom is -0.378 e. The Kier molecular flexibility index (Phi) is 5.60. The lowest BCUT2D eigenvalue weighted by atomic mass is 9.64. The van der Waals surface area contributed by atoms with Gasteiger partial charge in [0.05, 0.1) is 12.1 Å². The second-order valence-electron chi connectivity index (χ2n) is 5.81. The van der Waals surface area contributed by atoms with Crippen LogP contribution in [0.5, 0.6) is 0 Å². The fraction of sp³-hybridized carbons (Fsp3) is 0.929. The van der Waals surface area contributed by atoms with E-state index in [1.54, 1.807) is 0 Å². The monoisotopic (exact) mass is 256 g/mol. The summed E-state index contributed by atoms with van der Waals surface area (Å²) in [5.74, 6) is -0.0172. The maximum absolute atomic E-state index is 11.9. The highest BCUT2D eigenvalue weighted by Gasteiger charge is 2.49. The van der Waals surface area contributed by atoms with Gasteiger partial charge in [-0.1, -0.05) is 33.6 Å². The third-order valence-corrected chi connectivity index (χ3v) is 4.07. The molecule has 4 heteroatoms. The van der Waals surface area contributed by atoms with Crippen molar-refractivity contribution >= 4 is 5.91 Å². The van der Waals surface area contributed by atoms with Crippen molar-refractivity contribution in [2.45, 2.75) is 71.6 Å². The molecule has 0 aliphatic heterocycles. The molecule has 0 radical (unpaired) electrons. The van der Waals surface area contributed by atoms with E-state index >= 15 is 0 Å². The van der Waals surface area contributed by atoms with E-state index in [2.05, 4.69) is 26.1 Å². The number of unbranched alkanes of at least 4 members (excludes halogenated alkanes) is 1. The number of amides is 1. The molecular formula is C14H28N2O2. The van der Waals surface area contributed by atoms with Gasteiger partial charge in [-0.3, -0.25) is 4.79 Å². The molecule has 1 amide bonds. The third-order valence-electron chi connectivity index (χ3n) is 4.07. The summed E-state index contributed by atoms with van der Waals surface area (Å²) in [4.78, 5) is 11.9. The van der Waals surface area contributed by atoms with Gasteiger partial charge in [0.25, 0.3) is 0 Å². The molecule has 1 aliphatic carbocycles. The standard InChI is InChI=1S/C14H28N2O2/c1-5-7-8-10(15)13(17)16-11-9-12(18-6-2)14(11,3)4/h10-12H,5-9,15H2,1-4H3,(H,16,17). The first-order valence-electron chi connectivity index (χ1n) is 7.11. The van der Waals surface area contributed by atoms with E-state index in [-0.39, 0.29) is 29.5 Å². The van der Waals surface area contributed by atoms with Gasteiger partial charge in [0.2, 0.25) is 5.91 Å². The van der Waals surface area contributed by atoms with Crippen LogP contribution in [0.4, 0.5) is 0 Å². The Morgan fingerprint density at radius 2 is 2.17 bits per heavy atom. The molecule has 3 N–H and O–H groups in total. The van der Waals surface area contributed by atoms with Crippen molar-refractivity contribution in [3.05, 3.63) is 0 Å². The number of hydrogen-bond acceptors (Lipinski definition) is 3. The van der Waals surface area contributed by atoms with E-state index in [1.807, 2.05) is 6.92 Å². The van der Waals surface area contributed by atoms with Gasteiger partial charge >= 0.3 is 0 Å². The molecule has 1 aliphatic rings. The quantitative estimate of drug-likeness (QED) is 0.730. The highest BCUT2D eigenvalue weighted by atomic mass is 16.5. The van der Waals surface area contributed by atoms with E-state index in [4.69, 9.17) is 10.5 Å². The molecule has 18 heavy (non-hydrogen) atoms. The molecule has 3 atom stereocenters. The van der Waals surface area contributed by atoms with Crippen LogP contribution in [-0.4, -0.2) is 30.7 Å². The van der Waals surface area contributed by atoms with Crippen molar-refractivity contribution in [1.82, 2.24) is 5.32 Å². The van der Waals surface area contributed by atoms with Gasteiger partial charge in [-0.15, -0.1) is 0 Å². The van der Waals surface area contributed by atoms with Crippen LogP contribution < -0.4 is 11.1 Å². The molecule has 3 unspecified atom stereocenters. The molecule has 0 heterocycles. The molecule has 4 nitrogen and oxygen atoms in total. The Morgan fingerprint density at radius 3 is 2.67 bits per heavy atom. The van der Waals surface area contributed by atoms with Crippen molar-refractivity contribution in [2.24, 2.45) is 11.1 Å². The average Bonchev–Trinajstić information content (AvgIpc) is 2.34. The molecule has 1 fully saturated rings. The van der Waals surface area contributed by atoms with Crippen molar-refractivity contribution in [3.63, 3.8) is 0 Å². The summed E-state index contributed by atoms with van der Waals surface area (Å²) < 4.78 is 5.65. The Bertz CT molecular complexity index is 279. The summed E-state index contributed by atoms with van der Waals surface area (Å²) in [7, 11) is 0. The maximum Gasteiger partial charge on any atom is 0.237 e. The first-order valence-corrected chi connectivity index (χ1v) is 7.11. The highest BCUT2D eigenvalue weighted by molar-refractivity contribution is 5.81. The van der Waals surface area contributed by atoms with Gasteiger partial charge in [-0.05, 0) is 19.8 Å². The molecular weight excluding hydrogens is 228 g/mol. The number of nitrogens with one attached hydrogen (secondary N) is 1. The van der Waals surface area contributed by atoms with Crippen molar-refractivity contribution in [1.29, 1.82) is 0 Å². The SMILES string of the molecule is CCCCC(N)C(=O)NC1CC(OCC)C1(C)C. The van der Waals surface area contributed by atoms with Crippen LogP contribution in [0, 0.1) is 5.41 Å². The van der Waals surface area contributed by atoms with Gasteiger partial charge in [0.15, 0.2) is 0 Å². The van der Waals surface area contributed by atoms with Gasteiger partial charge in [-0.25, -0.2) is 0 Å². The van der Waals surface area contributed by atoms with Crippen molar-refractivity contribution in [3.8, 4) is 0 Å². The van der Waals surface area contributed by atoms with E-state index in [0.717, 1.165) is 32.3 Å². The van der Waals surface area contributed by atoms with Crippen molar-refractivity contribution < 1.29 is 9.53 Å². The number of rotatable bonds is 7. The number of carbonyl (C=O) groups excluding carboxylic acids is 1. The summed E-state index contributed by atoms with van der Waals surface area (Å²) in [6.07, 6.45) is 3.99. The molecule has 106 valence electrons. The number of nitrogens with two attached hydrogens (primary N) is 1. The van der Waals surface area contributed by atoms with Gasteiger partial charge in [0.1, 0.15) is 0 Å². The molecule has 0 saturated heterocycles. The van der Waals surface area contributed by atoms with Crippen LogP contribution in [0.15, 0.2) is 0 Å². The highest BCUT2D eigenvalue weighted by Crippen LogP contribution is 2.42.